The maximum Gasteiger partial charge on any atom is 0.422 e. The number of hydrogen-bond acceptors (Lipinski definition) is 4. The molecule has 3 aliphatic rings. The van der Waals surface area contributed by atoms with Gasteiger partial charge < -0.3 is 14.5 Å². The Bertz CT molecular complexity index is 922. The van der Waals surface area contributed by atoms with E-state index in [1.807, 2.05) is 23.1 Å². The molecule has 8 heteroatoms. The van der Waals surface area contributed by atoms with E-state index in [1.54, 1.807) is 7.11 Å². The van der Waals surface area contributed by atoms with Gasteiger partial charge in [-0.2, -0.15) is 13.2 Å². The van der Waals surface area contributed by atoms with E-state index in [4.69, 9.17) is 4.74 Å². The van der Waals surface area contributed by atoms with E-state index in [9.17, 15) is 18.0 Å². The lowest BCUT2D eigenvalue weighted by Crippen LogP contribution is -2.57. The summed E-state index contributed by atoms with van der Waals surface area (Å²) < 4.78 is 47.4. The van der Waals surface area contributed by atoms with Gasteiger partial charge >= 0.3 is 12.1 Å². The fraction of sp³-hybridized carbons (Fsp3) is 0.500. The minimum atomic E-state index is -4.53. The molecule has 1 aliphatic carbocycles. The van der Waals surface area contributed by atoms with Crippen LogP contribution >= 0.6 is 0 Å². The van der Waals surface area contributed by atoms with Crippen molar-refractivity contribution in [3.63, 3.8) is 0 Å². The molecule has 5 nitrogen and oxygen atoms in total. The van der Waals surface area contributed by atoms with Gasteiger partial charge in [-0.25, -0.2) is 4.79 Å². The van der Waals surface area contributed by atoms with Crippen molar-refractivity contribution in [2.75, 3.05) is 20.3 Å². The Kier molecular flexibility index (Phi) is 3.04. The predicted molar refractivity (Wildman–Crippen MR) is 86.0 cm³/mol. The van der Waals surface area contributed by atoms with Gasteiger partial charge in [0.2, 0.25) is 0 Å². The molecule has 1 aromatic heterocycles. The molecular weight excluding hydrogens is 349 g/mol. The van der Waals surface area contributed by atoms with Gasteiger partial charge in [0.15, 0.2) is 6.61 Å². The molecule has 2 fully saturated rings. The van der Waals surface area contributed by atoms with Gasteiger partial charge in [-0.3, -0.25) is 4.90 Å². The maximum atomic E-state index is 12.5. The minimum absolute atomic E-state index is 0.0902. The normalized spacial score (nSPS) is 29.4. The summed E-state index contributed by atoms with van der Waals surface area (Å²) in [7, 11) is 1.59. The SMILES string of the molecule is COc1ccc2[nH]c3c(c2c1)C1CC12CCN2C3C(=O)OCC(F)(F)F. The summed E-state index contributed by atoms with van der Waals surface area (Å²) in [5.74, 6) is 0.173. The summed E-state index contributed by atoms with van der Waals surface area (Å²) in [6.45, 7) is -0.865. The molecule has 1 saturated carbocycles. The van der Waals surface area contributed by atoms with Crippen molar-refractivity contribution in [2.45, 2.75) is 36.5 Å². The second kappa shape index (κ2) is 4.94. The van der Waals surface area contributed by atoms with Crippen LogP contribution in [0, 0.1) is 0 Å². The Morgan fingerprint density at radius 3 is 2.88 bits per heavy atom. The lowest BCUT2D eigenvalue weighted by Gasteiger charge is -2.49. The molecule has 5 rings (SSSR count). The van der Waals surface area contributed by atoms with Crippen LogP contribution in [0.3, 0.4) is 0 Å². The first-order chi connectivity index (χ1) is 12.3. The zero-order valence-corrected chi connectivity index (χ0v) is 14.0. The number of hydrogen-bond donors (Lipinski definition) is 1. The minimum Gasteiger partial charge on any atom is -0.497 e. The van der Waals surface area contributed by atoms with Crippen molar-refractivity contribution in [1.82, 2.24) is 9.88 Å². The molecule has 2 aliphatic heterocycles. The number of H-pyrrole nitrogens is 1. The number of alkyl halides is 3. The van der Waals surface area contributed by atoms with Crippen molar-refractivity contribution < 1.29 is 27.4 Å². The molecule has 3 atom stereocenters. The van der Waals surface area contributed by atoms with Gasteiger partial charge in [-0.1, -0.05) is 0 Å². The molecule has 138 valence electrons. The van der Waals surface area contributed by atoms with E-state index in [-0.39, 0.29) is 5.54 Å². The van der Waals surface area contributed by atoms with Crippen molar-refractivity contribution in [1.29, 1.82) is 0 Å². The number of aromatic amines is 1. The van der Waals surface area contributed by atoms with Crippen LogP contribution in [0.5, 0.6) is 5.75 Å². The molecule has 1 saturated heterocycles. The van der Waals surface area contributed by atoms with E-state index >= 15 is 0 Å². The average Bonchev–Trinajstić information content (AvgIpc) is 3.25. The number of rotatable bonds is 3. The van der Waals surface area contributed by atoms with Crippen LogP contribution < -0.4 is 4.74 Å². The molecule has 1 N–H and O–H groups in total. The van der Waals surface area contributed by atoms with Crippen LogP contribution in [0.1, 0.15) is 36.1 Å². The van der Waals surface area contributed by atoms with Gasteiger partial charge in [-0.15, -0.1) is 0 Å². The second-order valence-electron chi connectivity index (χ2n) is 7.29. The quantitative estimate of drug-likeness (QED) is 0.848. The Balaban J connectivity index is 1.59. The van der Waals surface area contributed by atoms with Crippen molar-refractivity contribution in [3.05, 3.63) is 29.5 Å². The summed E-state index contributed by atoms with van der Waals surface area (Å²) in [5, 5.41) is 0.974. The van der Waals surface area contributed by atoms with E-state index in [0.29, 0.717) is 23.9 Å². The summed E-state index contributed by atoms with van der Waals surface area (Å²) in [6.07, 6.45) is -2.65. The highest BCUT2D eigenvalue weighted by molar-refractivity contribution is 5.91. The lowest BCUT2D eigenvalue weighted by molar-refractivity contribution is -0.193. The number of carbonyl (C=O) groups excluding carboxylic acids is 1. The molecule has 0 radical (unpaired) electrons. The van der Waals surface area contributed by atoms with Gasteiger partial charge in [0, 0.05) is 34.6 Å². The lowest BCUT2D eigenvalue weighted by atomic mass is 9.84. The number of carbonyl (C=O) groups is 1. The molecule has 26 heavy (non-hydrogen) atoms. The van der Waals surface area contributed by atoms with E-state index in [0.717, 1.165) is 29.3 Å². The number of fused-ring (bicyclic) bond motifs is 4. The van der Waals surface area contributed by atoms with Crippen LogP contribution in [-0.2, 0) is 9.53 Å². The van der Waals surface area contributed by atoms with Gasteiger partial charge in [0.25, 0.3) is 0 Å². The molecule has 3 heterocycles. The highest BCUT2D eigenvalue weighted by Gasteiger charge is 2.70. The summed E-state index contributed by atoms with van der Waals surface area (Å²) >= 11 is 0. The van der Waals surface area contributed by atoms with E-state index in [1.165, 1.54) is 0 Å². The number of esters is 1. The number of methoxy groups -OCH3 is 1. The van der Waals surface area contributed by atoms with Crippen LogP contribution in [0.4, 0.5) is 13.2 Å². The largest absolute Gasteiger partial charge is 0.497 e. The van der Waals surface area contributed by atoms with Gasteiger partial charge in [0.1, 0.15) is 11.8 Å². The van der Waals surface area contributed by atoms with Crippen molar-refractivity contribution >= 4 is 16.9 Å². The Morgan fingerprint density at radius 1 is 1.42 bits per heavy atom. The monoisotopic (exact) mass is 366 g/mol. The molecule has 0 bridgehead atoms. The van der Waals surface area contributed by atoms with Crippen molar-refractivity contribution in [2.24, 2.45) is 0 Å². The first kappa shape index (κ1) is 16.0. The number of halogens is 3. The Hall–Kier alpha value is -2.22. The summed E-state index contributed by atoms with van der Waals surface area (Å²) in [6, 6.07) is 4.80. The number of benzene rings is 1. The molecule has 1 aromatic carbocycles. The number of aromatic nitrogens is 1. The Morgan fingerprint density at radius 2 is 2.23 bits per heavy atom. The van der Waals surface area contributed by atoms with Gasteiger partial charge in [0.05, 0.1) is 7.11 Å². The highest BCUT2D eigenvalue weighted by atomic mass is 19.4. The number of nitrogens with zero attached hydrogens (tertiary/aromatic N) is 1. The van der Waals surface area contributed by atoms with E-state index in [2.05, 4.69) is 9.72 Å². The predicted octanol–water partition coefficient (Wildman–Crippen LogP) is 3.27. The summed E-state index contributed by atoms with van der Waals surface area (Å²) in [4.78, 5) is 17.8. The third kappa shape index (κ3) is 2.05. The zero-order valence-electron chi connectivity index (χ0n) is 14.0. The highest BCUT2D eigenvalue weighted by Crippen LogP contribution is 2.69. The maximum absolute atomic E-state index is 12.5. The molecule has 1 spiro atoms. The third-order valence-corrected chi connectivity index (χ3v) is 6.02. The summed E-state index contributed by atoms with van der Waals surface area (Å²) in [5.41, 5.74) is 2.46. The van der Waals surface area contributed by atoms with Crippen LogP contribution in [0.15, 0.2) is 18.2 Å². The van der Waals surface area contributed by atoms with Crippen LogP contribution in [0.2, 0.25) is 0 Å². The average molecular weight is 366 g/mol. The fourth-order valence-corrected chi connectivity index (χ4v) is 4.74. The zero-order chi connectivity index (χ0) is 18.3. The van der Waals surface area contributed by atoms with E-state index < -0.39 is 24.8 Å². The second-order valence-corrected chi connectivity index (χ2v) is 7.29. The molecule has 3 unspecified atom stereocenters. The molecule has 0 amide bonds. The third-order valence-electron chi connectivity index (χ3n) is 6.02. The number of ether oxygens (including phenoxy) is 2. The standard InChI is InChI=1S/C18H17F3N2O3/c1-25-9-2-3-12-10(6-9)13-11-7-17(11)4-5-23(17)15(14(13)22-12)16(24)26-8-18(19,20)21/h2-3,6,11,15,22H,4-5,7-8H2,1H3. The molecular formula is C18H17F3N2O3. The van der Waals surface area contributed by atoms with Crippen molar-refractivity contribution in [3.8, 4) is 5.75 Å². The van der Waals surface area contributed by atoms with Crippen LogP contribution in [0.25, 0.3) is 10.9 Å². The smallest absolute Gasteiger partial charge is 0.422 e. The van der Waals surface area contributed by atoms with Crippen LogP contribution in [-0.4, -0.2) is 47.8 Å². The van der Waals surface area contributed by atoms with Gasteiger partial charge in [-0.05, 0) is 36.6 Å². The Labute approximate surface area is 147 Å². The topological polar surface area (TPSA) is 54.6 Å². The number of nitrogens with one attached hydrogen (secondary N) is 1. The first-order valence-corrected chi connectivity index (χ1v) is 8.54. The fourth-order valence-electron chi connectivity index (χ4n) is 4.74. The first-order valence-electron chi connectivity index (χ1n) is 8.54. The molecule has 2 aromatic rings.